The maximum Gasteiger partial charge on any atom is 0.263 e. The van der Waals surface area contributed by atoms with Gasteiger partial charge in [0.05, 0.1) is 12.0 Å². The molecule has 1 atom stereocenters. The predicted molar refractivity (Wildman–Crippen MR) is 83.1 cm³/mol. The number of carbonyl (C=O) groups is 1. The molecule has 3 rings (SSSR count). The summed E-state index contributed by atoms with van der Waals surface area (Å²) in [5, 5.41) is 2.60. The number of methoxy groups -OCH3 is 1. The number of hydrogen-bond acceptors (Lipinski definition) is 5. The minimum absolute atomic E-state index is 0.170. The molecule has 2 aliphatic rings. The van der Waals surface area contributed by atoms with Gasteiger partial charge in [-0.2, -0.15) is 0 Å². The lowest BCUT2D eigenvalue weighted by Crippen LogP contribution is -2.17. The van der Waals surface area contributed by atoms with E-state index in [0.29, 0.717) is 9.23 Å². The van der Waals surface area contributed by atoms with Crippen molar-refractivity contribution in [3.05, 3.63) is 28.2 Å². The fourth-order valence-electron chi connectivity index (χ4n) is 2.31. The molecule has 1 fully saturated rings. The SMILES string of the molecule is COc1cc2c(cc1/C=C1\SC(=S)NC1=O)OC(C)C2. The Morgan fingerprint density at radius 3 is 3.00 bits per heavy atom. The van der Waals surface area contributed by atoms with Gasteiger partial charge in [0.1, 0.15) is 21.9 Å². The molecule has 0 saturated carbocycles. The van der Waals surface area contributed by atoms with Crippen LogP contribution in [0.15, 0.2) is 17.0 Å². The molecule has 1 amide bonds. The molecule has 0 radical (unpaired) electrons. The molecular formula is C14H13NO3S2. The van der Waals surface area contributed by atoms with E-state index in [1.807, 2.05) is 19.1 Å². The number of thioether (sulfide) groups is 1. The molecular weight excluding hydrogens is 294 g/mol. The Balaban J connectivity index is 2.02. The Morgan fingerprint density at radius 2 is 2.35 bits per heavy atom. The number of hydrogen-bond donors (Lipinski definition) is 1. The van der Waals surface area contributed by atoms with Crippen LogP contribution in [0.1, 0.15) is 18.1 Å². The lowest BCUT2D eigenvalue weighted by atomic mass is 10.1. The maximum absolute atomic E-state index is 11.7. The molecule has 0 aliphatic carbocycles. The van der Waals surface area contributed by atoms with Gasteiger partial charge in [-0.1, -0.05) is 24.0 Å². The Bertz CT molecular complexity index is 640. The zero-order valence-electron chi connectivity index (χ0n) is 11.1. The van der Waals surface area contributed by atoms with E-state index in [1.54, 1.807) is 13.2 Å². The molecule has 1 aromatic rings. The van der Waals surface area contributed by atoms with Crippen molar-refractivity contribution in [3.8, 4) is 11.5 Å². The normalized spacial score (nSPS) is 22.7. The molecule has 1 saturated heterocycles. The highest BCUT2D eigenvalue weighted by Gasteiger charge is 2.25. The molecule has 104 valence electrons. The third-order valence-electron chi connectivity index (χ3n) is 3.18. The average molecular weight is 307 g/mol. The quantitative estimate of drug-likeness (QED) is 0.672. The van der Waals surface area contributed by atoms with Gasteiger partial charge < -0.3 is 14.8 Å². The standard InChI is InChI=1S/C14H13NO3S2/c1-7-3-8-4-10(17-2)9(5-11(8)18-7)6-12-13(16)15-14(19)20-12/h4-7H,3H2,1-2H3,(H,15,16,19)/b12-6-. The summed E-state index contributed by atoms with van der Waals surface area (Å²) in [6, 6.07) is 3.89. The van der Waals surface area contributed by atoms with Crippen LogP contribution in [0, 0.1) is 0 Å². The van der Waals surface area contributed by atoms with Crippen molar-refractivity contribution in [2.75, 3.05) is 7.11 Å². The van der Waals surface area contributed by atoms with Crippen LogP contribution in [0.5, 0.6) is 11.5 Å². The molecule has 0 bridgehead atoms. The second-order valence-electron chi connectivity index (χ2n) is 4.69. The maximum atomic E-state index is 11.7. The van der Waals surface area contributed by atoms with Crippen LogP contribution >= 0.6 is 24.0 Å². The van der Waals surface area contributed by atoms with E-state index >= 15 is 0 Å². The van der Waals surface area contributed by atoms with Gasteiger partial charge in [0, 0.05) is 17.5 Å². The van der Waals surface area contributed by atoms with E-state index in [0.717, 1.165) is 29.0 Å². The smallest absolute Gasteiger partial charge is 0.263 e. The van der Waals surface area contributed by atoms with E-state index in [9.17, 15) is 4.79 Å². The van der Waals surface area contributed by atoms with Crippen molar-refractivity contribution >= 4 is 40.3 Å². The van der Waals surface area contributed by atoms with Crippen LogP contribution < -0.4 is 14.8 Å². The highest BCUT2D eigenvalue weighted by Crippen LogP contribution is 2.37. The van der Waals surface area contributed by atoms with E-state index in [-0.39, 0.29) is 12.0 Å². The van der Waals surface area contributed by atoms with Crippen molar-refractivity contribution in [1.82, 2.24) is 5.32 Å². The first-order chi connectivity index (χ1) is 9.56. The molecule has 2 heterocycles. The summed E-state index contributed by atoms with van der Waals surface area (Å²) in [7, 11) is 1.62. The Hall–Kier alpha value is -1.53. The minimum Gasteiger partial charge on any atom is -0.496 e. The lowest BCUT2D eigenvalue weighted by molar-refractivity contribution is -0.115. The predicted octanol–water partition coefficient (Wildman–Crippen LogP) is 2.51. The second-order valence-corrected chi connectivity index (χ2v) is 6.41. The average Bonchev–Trinajstić information content (AvgIpc) is 2.90. The highest BCUT2D eigenvalue weighted by molar-refractivity contribution is 8.26. The first-order valence-electron chi connectivity index (χ1n) is 6.19. The van der Waals surface area contributed by atoms with Crippen molar-refractivity contribution < 1.29 is 14.3 Å². The van der Waals surface area contributed by atoms with Crippen LogP contribution in [0.3, 0.4) is 0 Å². The summed E-state index contributed by atoms with van der Waals surface area (Å²) in [6.45, 7) is 2.03. The number of carbonyl (C=O) groups excluding carboxylic acids is 1. The van der Waals surface area contributed by atoms with Gasteiger partial charge in [0.2, 0.25) is 0 Å². The van der Waals surface area contributed by atoms with Gasteiger partial charge in [-0.25, -0.2) is 0 Å². The molecule has 20 heavy (non-hydrogen) atoms. The van der Waals surface area contributed by atoms with E-state index in [1.165, 1.54) is 11.8 Å². The largest absolute Gasteiger partial charge is 0.496 e. The van der Waals surface area contributed by atoms with Crippen molar-refractivity contribution in [1.29, 1.82) is 0 Å². The highest BCUT2D eigenvalue weighted by atomic mass is 32.2. The first-order valence-corrected chi connectivity index (χ1v) is 7.41. The molecule has 0 spiro atoms. The number of nitrogens with one attached hydrogen (secondary N) is 1. The van der Waals surface area contributed by atoms with Gasteiger partial charge in [0.15, 0.2) is 0 Å². The van der Waals surface area contributed by atoms with Gasteiger partial charge in [-0.3, -0.25) is 4.79 Å². The van der Waals surface area contributed by atoms with Crippen LogP contribution in [0.25, 0.3) is 6.08 Å². The molecule has 6 heteroatoms. The third-order valence-corrected chi connectivity index (χ3v) is 4.34. The third kappa shape index (κ3) is 2.41. The summed E-state index contributed by atoms with van der Waals surface area (Å²) in [6.07, 6.45) is 2.83. The number of benzene rings is 1. The molecule has 1 N–H and O–H groups in total. The van der Waals surface area contributed by atoms with Crippen LogP contribution in [-0.2, 0) is 11.2 Å². The number of rotatable bonds is 2. The van der Waals surface area contributed by atoms with Gasteiger partial charge in [0.25, 0.3) is 5.91 Å². The van der Waals surface area contributed by atoms with E-state index in [2.05, 4.69) is 5.32 Å². The van der Waals surface area contributed by atoms with Crippen molar-refractivity contribution in [2.45, 2.75) is 19.4 Å². The Morgan fingerprint density at radius 1 is 1.55 bits per heavy atom. The summed E-state index contributed by atoms with van der Waals surface area (Å²) in [5.74, 6) is 1.42. The van der Waals surface area contributed by atoms with E-state index in [4.69, 9.17) is 21.7 Å². The topological polar surface area (TPSA) is 47.6 Å². The lowest BCUT2D eigenvalue weighted by Gasteiger charge is -2.08. The fraction of sp³-hybridized carbons (Fsp3) is 0.286. The Labute approximate surface area is 126 Å². The van der Waals surface area contributed by atoms with Gasteiger partial charge >= 0.3 is 0 Å². The summed E-state index contributed by atoms with van der Waals surface area (Å²) in [4.78, 5) is 12.3. The molecule has 0 aromatic heterocycles. The molecule has 1 aromatic carbocycles. The number of fused-ring (bicyclic) bond motifs is 1. The summed E-state index contributed by atoms with van der Waals surface area (Å²) >= 11 is 6.24. The Kier molecular flexibility index (Phi) is 3.43. The monoisotopic (exact) mass is 307 g/mol. The van der Waals surface area contributed by atoms with Crippen molar-refractivity contribution in [2.24, 2.45) is 0 Å². The van der Waals surface area contributed by atoms with Crippen LogP contribution in [-0.4, -0.2) is 23.4 Å². The minimum atomic E-state index is -0.170. The first kappa shape index (κ1) is 13.5. The summed E-state index contributed by atoms with van der Waals surface area (Å²) < 4.78 is 11.6. The zero-order chi connectivity index (χ0) is 14.3. The van der Waals surface area contributed by atoms with E-state index < -0.39 is 0 Å². The number of ether oxygens (including phenoxy) is 2. The van der Waals surface area contributed by atoms with Crippen LogP contribution in [0.2, 0.25) is 0 Å². The molecule has 2 aliphatic heterocycles. The number of thiocarbonyl (C=S) groups is 1. The molecule has 1 unspecified atom stereocenters. The number of amides is 1. The second kappa shape index (κ2) is 5.10. The summed E-state index contributed by atoms with van der Waals surface area (Å²) in [5.41, 5.74) is 1.96. The molecule has 4 nitrogen and oxygen atoms in total. The van der Waals surface area contributed by atoms with Gasteiger partial charge in [-0.05, 0) is 25.1 Å². The van der Waals surface area contributed by atoms with Gasteiger partial charge in [-0.15, -0.1) is 0 Å². The van der Waals surface area contributed by atoms with Crippen LogP contribution in [0.4, 0.5) is 0 Å². The fourth-order valence-corrected chi connectivity index (χ4v) is 3.34. The zero-order valence-corrected chi connectivity index (χ0v) is 12.7. The van der Waals surface area contributed by atoms with Crippen molar-refractivity contribution in [3.63, 3.8) is 0 Å².